The van der Waals surface area contributed by atoms with Crippen LogP contribution >= 0.6 is 23.2 Å². The molecule has 0 bridgehead atoms. The van der Waals surface area contributed by atoms with E-state index in [0.29, 0.717) is 11.3 Å². The Morgan fingerprint density at radius 3 is 2.58 bits per heavy atom. The minimum atomic E-state index is -0.637. The number of benzene rings is 1. The van der Waals surface area contributed by atoms with E-state index >= 15 is 0 Å². The predicted molar refractivity (Wildman–Crippen MR) is 119 cm³/mol. The van der Waals surface area contributed by atoms with E-state index in [-0.39, 0.29) is 34.2 Å². The van der Waals surface area contributed by atoms with Gasteiger partial charge in [0.25, 0.3) is 5.56 Å². The van der Waals surface area contributed by atoms with E-state index in [2.05, 4.69) is 15.3 Å². The molecule has 3 aromatic heterocycles. The molecule has 0 saturated heterocycles. The first-order chi connectivity index (χ1) is 15.0. The molecule has 1 amide bonds. The van der Waals surface area contributed by atoms with Crippen LogP contribution in [0.25, 0.3) is 11.0 Å². The zero-order chi connectivity index (χ0) is 22.0. The van der Waals surface area contributed by atoms with Crippen LogP contribution < -0.4 is 16.6 Å². The van der Waals surface area contributed by atoms with Gasteiger partial charge in [-0.15, -0.1) is 0 Å². The first kappa shape index (κ1) is 20.8. The van der Waals surface area contributed by atoms with Crippen LogP contribution in [0.1, 0.15) is 5.56 Å². The number of nitrogens with one attached hydrogen (secondary N) is 1. The molecule has 0 atom stereocenters. The fourth-order valence-corrected chi connectivity index (χ4v) is 3.49. The molecule has 1 N–H and O–H groups in total. The Balaban J connectivity index is 1.76. The predicted octanol–water partition coefficient (Wildman–Crippen LogP) is 2.95. The lowest BCUT2D eigenvalue weighted by Gasteiger charge is -2.14. The number of fused-ring (bicyclic) bond motifs is 1. The van der Waals surface area contributed by atoms with E-state index < -0.39 is 17.2 Å². The molecule has 0 saturated carbocycles. The lowest BCUT2D eigenvalue weighted by Crippen LogP contribution is -2.42. The topological polar surface area (TPSA) is 98.9 Å². The highest BCUT2D eigenvalue weighted by Crippen LogP contribution is 2.29. The van der Waals surface area contributed by atoms with E-state index in [9.17, 15) is 14.4 Å². The number of rotatable bonds is 5. The van der Waals surface area contributed by atoms with Crippen LogP contribution in [-0.4, -0.2) is 25.0 Å². The first-order valence-electron chi connectivity index (χ1n) is 9.17. The molecule has 10 heteroatoms. The number of aromatic nitrogens is 4. The summed E-state index contributed by atoms with van der Waals surface area (Å²) in [5.74, 6) is -0.511. The minimum absolute atomic E-state index is 0.000237. The number of carbonyl (C=O) groups excluding carboxylic acids is 1. The summed E-state index contributed by atoms with van der Waals surface area (Å²) in [5.41, 5.74) is 0.143. The van der Waals surface area contributed by atoms with Crippen molar-refractivity contribution in [3.05, 3.63) is 97.5 Å². The number of hydrogen-bond donors (Lipinski definition) is 1. The third-order valence-corrected chi connectivity index (χ3v) is 5.40. The fourth-order valence-electron chi connectivity index (χ4n) is 3.14. The molecular weight excluding hydrogens is 441 g/mol. The van der Waals surface area contributed by atoms with E-state index in [0.717, 1.165) is 4.57 Å². The summed E-state index contributed by atoms with van der Waals surface area (Å²) >= 11 is 12.1. The average Bonchev–Trinajstić information content (AvgIpc) is 2.78. The molecule has 31 heavy (non-hydrogen) atoms. The molecule has 0 aliphatic heterocycles. The molecular formula is C21H15Cl2N5O3. The zero-order valence-corrected chi connectivity index (χ0v) is 17.5. The Morgan fingerprint density at radius 2 is 1.81 bits per heavy atom. The molecule has 4 aromatic rings. The van der Waals surface area contributed by atoms with Gasteiger partial charge in [-0.1, -0.05) is 35.3 Å². The van der Waals surface area contributed by atoms with Crippen LogP contribution in [0.5, 0.6) is 0 Å². The van der Waals surface area contributed by atoms with Gasteiger partial charge in [0.15, 0.2) is 5.52 Å². The molecule has 3 heterocycles. The Kier molecular flexibility index (Phi) is 5.83. The highest BCUT2D eigenvalue weighted by Gasteiger charge is 2.17. The highest BCUT2D eigenvalue weighted by molar-refractivity contribution is 6.43. The highest BCUT2D eigenvalue weighted by atomic mass is 35.5. The summed E-state index contributed by atoms with van der Waals surface area (Å²) in [5, 5.41) is 3.12. The summed E-state index contributed by atoms with van der Waals surface area (Å²) in [7, 11) is 0. The van der Waals surface area contributed by atoms with Gasteiger partial charge < -0.3 is 5.32 Å². The maximum absolute atomic E-state index is 13.2. The minimum Gasteiger partial charge on any atom is -0.323 e. The summed E-state index contributed by atoms with van der Waals surface area (Å²) in [6, 6.07) is 11.5. The van der Waals surface area contributed by atoms with Crippen LogP contribution in [-0.2, 0) is 17.9 Å². The van der Waals surface area contributed by atoms with Gasteiger partial charge in [-0.3, -0.25) is 23.7 Å². The second-order valence-corrected chi connectivity index (χ2v) is 7.43. The average molecular weight is 456 g/mol. The molecule has 0 aliphatic rings. The quantitative estimate of drug-likeness (QED) is 0.498. The number of pyridine rings is 2. The lowest BCUT2D eigenvalue weighted by molar-refractivity contribution is -0.116. The maximum Gasteiger partial charge on any atom is 0.332 e. The van der Waals surface area contributed by atoms with Crippen molar-refractivity contribution in [2.45, 2.75) is 13.1 Å². The van der Waals surface area contributed by atoms with Gasteiger partial charge in [0.05, 0.1) is 27.8 Å². The van der Waals surface area contributed by atoms with E-state index in [1.165, 1.54) is 10.8 Å². The standard InChI is InChI=1S/C21H15Cl2N5O3/c22-14-5-1-6-15(18(14)23)26-17(29)12-27-16-7-3-9-25-19(16)20(30)28(21(27)31)11-13-4-2-8-24-10-13/h1-10H,11-12H2,(H,26,29). The zero-order valence-electron chi connectivity index (χ0n) is 16.0. The van der Waals surface area contributed by atoms with E-state index in [4.69, 9.17) is 23.2 Å². The molecule has 1 aromatic carbocycles. The van der Waals surface area contributed by atoms with E-state index in [1.54, 1.807) is 54.9 Å². The van der Waals surface area contributed by atoms with Gasteiger partial charge >= 0.3 is 5.69 Å². The van der Waals surface area contributed by atoms with Crippen molar-refractivity contribution in [3.8, 4) is 0 Å². The number of halogens is 2. The molecule has 0 aliphatic carbocycles. The fraction of sp³-hybridized carbons (Fsp3) is 0.0952. The van der Waals surface area contributed by atoms with Crippen LogP contribution in [0.15, 0.2) is 70.6 Å². The second-order valence-electron chi connectivity index (χ2n) is 6.64. The second kappa shape index (κ2) is 8.71. The summed E-state index contributed by atoms with van der Waals surface area (Å²) in [6.07, 6.45) is 4.61. The SMILES string of the molecule is O=C(Cn1c(=O)n(Cc2cccnc2)c(=O)c2ncccc21)Nc1cccc(Cl)c1Cl. The van der Waals surface area contributed by atoms with Crippen LogP contribution in [0, 0.1) is 0 Å². The van der Waals surface area contributed by atoms with Crippen LogP contribution in [0.2, 0.25) is 10.0 Å². The summed E-state index contributed by atoms with van der Waals surface area (Å²) in [6.45, 7) is -0.350. The third kappa shape index (κ3) is 4.21. The van der Waals surface area contributed by atoms with Crippen LogP contribution in [0.4, 0.5) is 5.69 Å². The number of amides is 1. The van der Waals surface area contributed by atoms with Crippen molar-refractivity contribution in [3.63, 3.8) is 0 Å². The summed E-state index contributed by atoms with van der Waals surface area (Å²) < 4.78 is 2.24. The van der Waals surface area contributed by atoms with E-state index in [1.807, 2.05) is 0 Å². The first-order valence-corrected chi connectivity index (χ1v) is 9.92. The normalized spacial score (nSPS) is 10.9. The Morgan fingerprint density at radius 1 is 1.00 bits per heavy atom. The van der Waals surface area contributed by atoms with Crippen molar-refractivity contribution in [2.75, 3.05) is 5.32 Å². The van der Waals surface area contributed by atoms with Gasteiger partial charge in [0.2, 0.25) is 5.91 Å². The number of anilines is 1. The Hall–Kier alpha value is -3.49. The maximum atomic E-state index is 13.2. The molecule has 156 valence electrons. The van der Waals surface area contributed by atoms with Gasteiger partial charge in [0, 0.05) is 18.6 Å². The van der Waals surface area contributed by atoms with Gasteiger partial charge in [0.1, 0.15) is 6.54 Å². The smallest absolute Gasteiger partial charge is 0.323 e. The molecule has 4 rings (SSSR count). The van der Waals surface area contributed by atoms with Gasteiger partial charge in [-0.05, 0) is 35.9 Å². The van der Waals surface area contributed by atoms with Crippen LogP contribution in [0.3, 0.4) is 0 Å². The van der Waals surface area contributed by atoms with Crippen molar-refractivity contribution in [1.29, 1.82) is 0 Å². The third-order valence-electron chi connectivity index (χ3n) is 4.58. The lowest BCUT2D eigenvalue weighted by atomic mass is 10.2. The molecule has 0 spiro atoms. The number of carbonyl (C=O) groups is 1. The van der Waals surface area contributed by atoms with Gasteiger partial charge in [-0.2, -0.15) is 0 Å². The molecule has 0 radical (unpaired) electrons. The molecule has 0 fully saturated rings. The molecule has 8 nitrogen and oxygen atoms in total. The van der Waals surface area contributed by atoms with Crippen molar-refractivity contribution in [2.24, 2.45) is 0 Å². The Labute approximate surface area is 185 Å². The molecule has 0 unspecified atom stereocenters. The number of hydrogen-bond acceptors (Lipinski definition) is 5. The largest absolute Gasteiger partial charge is 0.332 e. The van der Waals surface area contributed by atoms with Crippen molar-refractivity contribution >= 4 is 45.8 Å². The van der Waals surface area contributed by atoms with Crippen molar-refractivity contribution in [1.82, 2.24) is 19.1 Å². The number of nitrogens with zero attached hydrogens (tertiary/aromatic N) is 4. The Bertz CT molecular complexity index is 1400. The summed E-state index contributed by atoms with van der Waals surface area (Å²) in [4.78, 5) is 46.9. The monoisotopic (exact) mass is 455 g/mol. The van der Waals surface area contributed by atoms with Crippen molar-refractivity contribution < 1.29 is 4.79 Å². The van der Waals surface area contributed by atoms with Gasteiger partial charge in [-0.25, -0.2) is 9.78 Å².